The van der Waals surface area contributed by atoms with Crippen LogP contribution in [0.2, 0.25) is 0 Å². The van der Waals surface area contributed by atoms with E-state index in [9.17, 15) is 0 Å². The summed E-state index contributed by atoms with van der Waals surface area (Å²) in [6.07, 6.45) is 3.92. The van der Waals surface area contributed by atoms with E-state index in [1.54, 1.807) is 6.07 Å². The maximum Gasteiger partial charge on any atom is 0.0853 e. The zero-order chi connectivity index (χ0) is 9.52. The Balaban J connectivity index is 2.66. The lowest BCUT2D eigenvalue weighted by atomic mass is 10.3. The lowest BCUT2D eigenvalue weighted by molar-refractivity contribution is 0.277. The van der Waals surface area contributed by atoms with Crippen molar-refractivity contribution in [3.05, 3.63) is 35.7 Å². The molecule has 0 spiro atoms. The average Bonchev–Trinajstić information content (AvgIpc) is 2.19. The Bertz CT molecular complexity index is 284. The van der Waals surface area contributed by atoms with Gasteiger partial charge in [0.15, 0.2) is 0 Å². The fraction of sp³-hybridized carbons (Fsp3) is 0.300. The first-order valence-electron chi connectivity index (χ1n) is 4.24. The first-order valence-corrected chi connectivity index (χ1v) is 4.24. The van der Waals surface area contributed by atoms with Gasteiger partial charge in [0.1, 0.15) is 0 Å². The SMILES string of the molecule is CNCC=Cc1cccc(CO)n1. The van der Waals surface area contributed by atoms with Crippen molar-refractivity contribution in [1.29, 1.82) is 0 Å². The molecule has 3 nitrogen and oxygen atoms in total. The number of rotatable bonds is 4. The van der Waals surface area contributed by atoms with E-state index in [-0.39, 0.29) is 6.61 Å². The summed E-state index contributed by atoms with van der Waals surface area (Å²) < 4.78 is 0. The van der Waals surface area contributed by atoms with E-state index in [2.05, 4.69) is 10.3 Å². The number of likely N-dealkylation sites (N-methyl/N-ethyl adjacent to an activating group) is 1. The van der Waals surface area contributed by atoms with Crippen LogP contribution in [0.4, 0.5) is 0 Å². The molecule has 0 fully saturated rings. The summed E-state index contributed by atoms with van der Waals surface area (Å²) in [4.78, 5) is 4.20. The molecule has 2 N–H and O–H groups in total. The normalized spacial score (nSPS) is 10.9. The van der Waals surface area contributed by atoms with Gasteiger partial charge in [-0.3, -0.25) is 4.98 Å². The van der Waals surface area contributed by atoms with Crippen molar-refractivity contribution in [2.75, 3.05) is 13.6 Å². The zero-order valence-electron chi connectivity index (χ0n) is 7.70. The van der Waals surface area contributed by atoms with Gasteiger partial charge in [-0.25, -0.2) is 0 Å². The van der Waals surface area contributed by atoms with E-state index in [0.717, 1.165) is 12.2 Å². The Morgan fingerprint density at radius 2 is 2.38 bits per heavy atom. The summed E-state index contributed by atoms with van der Waals surface area (Å²) in [7, 11) is 1.89. The standard InChI is InChI=1S/C10H14N2O/c1-11-7-3-6-9-4-2-5-10(8-13)12-9/h2-6,11,13H,7-8H2,1H3. The number of hydrogen-bond acceptors (Lipinski definition) is 3. The van der Waals surface area contributed by atoms with E-state index < -0.39 is 0 Å². The highest BCUT2D eigenvalue weighted by atomic mass is 16.3. The van der Waals surface area contributed by atoms with Crippen LogP contribution in [-0.2, 0) is 6.61 Å². The Morgan fingerprint density at radius 1 is 1.54 bits per heavy atom. The minimum atomic E-state index is -0.00624. The maximum absolute atomic E-state index is 8.83. The van der Waals surface area contributed by atoms with Crippen LogP contribution in [0.5, 0.6) is 0 Å². The summed E-state index contributed by atoms with van der Waals surface area (Å²) in [5.41, 5.74) is 1.58. The molecule has 0 aliphatic rings. The first-order chi connectivity index (χ1) is 6.36. The molecule has 13 heavy (non-hydrogen) atoms. The largest absolute Gasteiger partial charge is 0.390 e. The van der Waals surface area contributed by atoms with Crippen LogP contribution in [0, 0.1) is 0 Å². The molecule has 0 radical (unpaired) electrons. The van der Waals surface area contributed by atoms with Gasteiger partial charge in [0.05, 0.1) is 18.0 Å². The molecule has 0 atom stereocenters. The molecule has 1 rings (SSSR count). The number of hydrogen-bond donors (Lipinski definition) is 2. The van der Waals surface area contributed by atoms with E-state index in [1.165, 1.54) is 0 Å². The van der Waals surface area contributed by atoms with Crippen LogP contribution in [0.15, 0.2) is 24.3 Å². The Hall–Kier alpha value is -1.19. The maximum atomic E-state index is 8.83. The number of aromatic nitrogens is 1. The van der Waals surface area contributed by atoms with Crippen LogP contribution in [0.25, 0.3) is 6.08 Å². The van der Waals surface area contributed by atoms with Crippen LogP contribution >= 0.6 is 0 Å². The van der Waals surface area contributed by atoms with Crippen LogP contribution in [0.1, 0.15) is 11.4 Å². The molecule has 1 aromatic heterocycles. The number of aliphatic hydroxyl groups is 1. The first kappa shape index (κ1) is 9.89. The van der Waals surface area contributed by atoms with Crippen molar-refractivity contribution in [2.45, 2.75) is 6.61 Å². The molecule has 3 heteroatoms. The second-order valence-electron chi connectivity index (χ2n) is 2.67. The van der Waals surface area contributed by atoms with Crippen molar-refractivity contribution in [1.82, 2.24) is 10.3 Å². The van der Waals surface area contributed by atoms with E-state index in [0.29, 0.717) is 5.69 Å². The molecule has 70 valence electrons. The summed E-state index contributed by atoms with van der Waals surface area (Å²) in [5.74, 6) is 0. The van der Waals surface area contributed by atoms with Crippen molar-refractivity contribution in [3.8, 4) is 0 Å². The third kappa shape index (κ3) is 3.36. The van der Waals surface area contributed by atoms with Crippen LogP contribution in [0.3, 0.4) is 0 Å². The number of pyridine rings is 1. The second kappa shape index (κ2) is 5.45. The van der Waals surface area contributed by atoms with E-state index >= 15 is 0 Å². The van der Waals surface area contributed by atoms with Crippen molar-refractivity contribution < 1.29 is 5.11 Å². The monoisotopic (exact) mass is 178 g/mol. The average molecular weight is 178 g/mol. The Kier molecular flexibility index (Phi) is 4.15. The Morgan fingerprint density at radius 3 is 3.08 bits per heavy atom. The lowest BCUT2D eigenvalue weighted by Gasteiger charge is -1.96. The van der Waals surface area contributed by atoms with Gasteiger partial charge in [-0.2, -0.15) is 0 Å². The van der Waals surface area contributed by atoms with E-state index in [1.807, 2.05) is 31.3 Å². The minimum absolute atomic E-state index is 0.00624. The van der Waals surface area contributed by atoms with Gasteiger partial charge in [0.25, 0.3) is 0 Å². The fourth-order valence-corrected chi connectivity index (χ4v) is 0.977. The molecule has 0 aliphatic heterocycles. The minimum Gasteiger partial charge on any atom is -0.390 e. The van der Waals surface area contributed by atoms with Gasteiger partial charge in [-0.1, -0.05) is 12.1 Å². The number of nitrogens with zero attached hydrogens (tertiary/aromatic N) is 1. The van der Waals surface area contributed by atoms with Crippen molar-refractivity contribution in [3.63, 3.8) is 0 Å². The third-order valence-corrected chi connectivity index (χ3v) is 1.60. The summed E-state index contributed by atoms with van der Waals surface area (Å²) in [5, 5.41) is 11.8. The van der Waals surface area contributed by atoms with Crippen molar-refractivity contribution >= 4 is 6.08 Å². The second-order valence-corrected chi connectivity index (χ2v) is 2.67. The smallest absolute Gasteiger partial charge is 0.0853 e. The molecule has 0 bridgehead atoms. The molecule has 0 unspecified atom stereocenters. The molecular weight excluding hydrogens is 164 g/mol. The van der Waals surface area contributed by atoms with Gasteiger partial charge < -0.3 is 10.4 Å². The van der Waals surface area contributed by atoms with Crippen LogP contribution < -0.4 is 5.32 Å². The highest BCUT2D eigenvalue weighted by molar-refractivity contribution is 5.44. The molecule has 1 aromatic rings. The quantitative estimate of drug-likeness (QED) is 0.717. The van der Waals surface area contributed by atoms with Crippen LogP contribution in [-0.4, -0.2) is 23.7 Å². The predicted molar refractivity (Wildman–Crippen MR) is 53.1 cm³/mol. The summed E-state index contributed by atoms with van der Waals surface area (Å²) >= 11 is 0. The Labute approximate surface area is 78.1 Å². The molecule has 0 amide bonds. The molecular formula is C10H14N2O. The molecule has 0 saturated carbocycles. The summed E-state index contributed by atoms with van der Waals surface area (Å²) in [6, 6.07) is 5.60. The highest BCUT2D eigenvalue weighted by Gasteiger charge is 1.91. The van der Waals surface area contributed by atoms with E-state index in [4.69, 9.17) is 5.11 Å². The fourth-order valence-electron chi connectivity index (χ4n) is 0.977. The topological polar surface area (TPSA) is 45.1 Å². The molecule has 0 aliphatic carbocycles. The van der Waals surface area contributed by atoms with Gasteiger partial charge in [-0.15, -0.1) is 0 Å². The van der Waals surface area contributed by atoms with Gasteiger partial charge in [-0.05, 0) is 25.3 Å². The third-order valence-electron chi connectivity index (χ3n) is 1.60. The number of aliphatic hydroxyl groups excluding tert-OH is 1. The van der Waals surface area contributed by atoms with Gasteiger partial charge in [0, 0.05) is 6.54 Å². The molecule has 0 aromatic carbocycles. The van der Waals surface area contributed by atoms with Gasteiger partial charge in [0.2, 0.25) is 0 Å². The summed E-state index contributed by atoms with van der Waals surface area (Å²) in [6.45, 7) is 0.818. The molecule has 1 heterocycles. The number of nitrogens with one attached hydrogen (secondary N) is 1. The van der Waals surface area contributed by atoms with Crippen molar-refractivity contribution in [2.24, 2.45) is 0 Å². The molecule has 0 saturated heterocycles. The lowest BCUT2D eigenvalue weighted by Crippen LogP contribution is -2.03. The zero-order valence-corrected chi connectivity index (χ0v) is 7.70. The highest BCUT2D eigenvalue weighted by Crippen LogP contribution is 2.00. The predicted octanol–water partition coefficient (Wildman–Crippen LogP) is 0.806. The van der Waals surface area contributed by atoms with Gasteiger partial charge >= 0.3 is 0 Å².